The molecule has 0 N–H and O–H groups in total. The van der Waals surface area contributed by atoms with Crippen molar-refractivity contribution in [2.24, 2.45) is 28.6 Å². The Morgan fingerprint density at radius 2 is 1.44 bits per heavy atom. The SMILES string of the molecule is CCCCC/C=C\C/C=C\C/C=C\C/C=C\CCCC(=O)OC1CC[C@@]2(C)C(=CC[C@@H]3[C@@H]2CC[C@]2(C)/C(=C(\C)O[Si](C)(C)C)CC[C@@H]32)C1. The van der Waals surface area contributed by atoms with Crippen molar-refractivity contribution >= 4 is 14.3 Å². The number of esters is 1. The van der Waals surface area contributed by atoms with Crippen LogP contribution in [-0.2, 0) is 14.0 Å². The van der Waals surface area contributed by atoms with E-state index in [-0.39, 0.29) is 17.5 Å². The molecule has 268 valence electrons. The Morgan fingerprint density at radius 3 is 2.08 bits per heavy atom. The minimum absolute atomic E-state index is 0.0108. The monoisotopic (exact) mass is 675 g/mol. The van der Waals surface area contributed by atoms with Gasteiger partial charge in [-0.05, 0) is 151 Å². The molecule has 3 nitrogen and oxygen atoms in total. The van der Waals surface area contributed by atoms with Crippen LogP contribution in [0.25, 0.3) is 0 Å². The predicted molar refractivity (Wildman–Crippen MR) is 207 cm³/mol. The average molecular weight is 675 g/mol. The van der Waals surface area contributed by atoms with E-state index in [0.29, 0.717) is 11.8 Å². The first-order chi connectivity index (χ1) is 23.0. The second-order valence-electron chi connectivity index (χ2n) is 16.8. The zero-order valence-electron chi connectivity index (χ0n) is 32.0. The third kappa shape index (κ3) is 10.5. The molecule has 1 unspecified atom stereocenters. The predicted octanol–water partition coefficient (Wildman–Crippen LogP) is 13.1. The van der Waals surface area contributed by atoms with Gasteiger partial charge < -0.3 is 9.16 Å². The molecule has 0 heterocycles. The number of hydrogen-bond donors (Lipinski definition) is 0. The van der Waals surface area contributed by atoms with E-state index in [4.69, 9.17) is 9.16 Å². The Balaban J connectivity index is 1.15. The maximum atomic E-state index is 12.8. The van der Waals surface area contributed by atoms with Gasteiger partial charge in [0.05, 0.1) is 5.76 Å². The smallest absolute Gasteiger partial charge is 0.306 e. The van der Waals surface area contributed by atoms with E-state index in [1.54, 1.807) is 11.1 Å². The molecular weight excluding hydrogens is 605 g/mol. The third-order valence-electron chi connectivity index (χ3n) is 12.2. The van der Waals surface area contributed by atoms with Crippen molar-refractivity contribution in [3.05, 3.63) is 71.6 Å². The van der Waals surface area contributed by atoms with Gasteiger partial charge in [0.15, 0.2) is 0 Å². The highest BCUT2D eigenvalue weighted by atomic mass is 28.4. The molecule has 6 atom stereocenters. The summed E-state index contributed by atoms with van der Waals surface area (Å²) in [6.07, 6.45) is 40.5. The first-order valence-electron chi connectivity index (χ1n) is 19.9. The number of carbonyl (C=O) groups excluding carboxylic acids is 1. The van der Waals surface area contributed by atoms with E-state index < -0.39 is 8.32 Å². The second kappa shape index (κ2) is 18.2. The summed E-state index contributed by atoms with van der Waals surface area (Å²) in [4.78, 5) is 12.8. The lowest BCUT2D eigenvalue weighted by atomic mass is 9.48. The summed E-state index contributed by atoms with van der Waals surface area (Å²) >= 11 is 0. The molecule has 4 rings (SSSR count). The van der Waals surface area contributed by atoms with E-state index in [0.717, 1.165) is 69.1 Å². The topological polar surface area (TPSA) is 35.5 Å². The molecule has 3 fully saturated rings. The van der Waals surface area contributed by atoms with Crippen LogP contribution in [0.15, 0.2) is 71.6 Å². The van der Waals surface area contributed by atoms with E-state index in [1.165, 1.54) is 63.5 Å². The summed E-state index contributed by atoms with van der Waals surface area (Å²) in [5, 5.41) is 0. The molecule has 0 spiro atoms. The molecule has 4 heteroatoms. The fourth-order valence-electron chi connectivity index (χ4n) is 9.81. The lowest BCUT2D eigenvalue weighted by molar-refractivity contribution is -0.151. The molecule has 4 aliphatic rings. The molecule has 0 aliphatic heterocycles. The second-order valence-corrected chi connectivity index (χ2v) is 21.3. The van der Waals surface area contributed by atoms with Crippen molar-refractivity contribution in [3.8, 4) is 0 Å². The highest BCUT2D eigenvalue weighted by molar-refractivity contribution is 6.70. The summed E-state index contributed by atoms with van der Waals surface area (Å²) in [6, 6.07) is 0. The zero-order chi connectivity index (χ0) is 34.6. The van der Waals surface area contributed by atoms with Crippen molar-refractivity contribution in [1.82, 2.24) is 0 Å². The Morgan fingerprint density at radius 1 is 0.833 bits per heavy atom. The van der Waals surface area contributed by atoms with E-state index in [1.807, 2.05) is 0 Å². The number of unbranched alkanes of at least 4 members (excludes halogenated alkanes) is 4. The summed E-state index contributed by atoms with van der Waals surface area (Å²) in [7, 11) is -1.60. The van der Waals surface area contributed by atoms with Crippen LogP contribution in [0.5, 0.6) is 0 Å². The molecule has 3 saturated carbocycles. The number of carbonyl (C=O) groups is 1. The largest absolute Gasteiger partial charge is 0.548 e. The van der Waals surface area contributed by atoms with Crippen LogP contribution in [0.1, 0.15) is 143 Å². The summed E-state index contributed by atoms with van der Waals surface area (Å²) in [6.45, 7) is 16.5. The number of hydrogen-bond acceptors (Lipinski definition) is 3. The van der Waals surface area contributed by atoms with Crippen LogP contribution in [0.2, 0.25) is 19.6 Å². The number of rotatable bonds is 17. The Kier molecular flexibility index (Phi) is 14.7. The minimum atomic E-state index is -1.60. The maximum Gasteiger partial charge on any atom is 0.306 e. The van der Waals surface area contributed by atoms with Crippen molar-refractivity contribution in [2.75, 3.05) is 0 Å². The Labute approximate surface area is 296 Å². The molecule has 0 bridgehead atoms. The molecule has 48 heavy (non-hydrogen) atoms. The van der Waals surface area contributed by atoms with Crippen molar-refractivity contribution < 1.29 is 14.0 Å². The lowest BCUT2D eigenvalue weighted by Crippen LogP contribution is -2.50. The maximum absolute atomic E-state index is 12.8. The van der Waals surface area contributed by atoms with Gasteiger partial charge in [-0.1, -0.05) is 93.9 Å². The average Bonchev–Trinajstić information content (AvgIpc) is 3.39. The normalized spacial score (nSPS) is 31.7. The van der Waals surface area contributed by atoms with Crippen LogP contribution < -0.4 is 0 Å². The number of allylic oxidation sites excluding steroid dienone is 11. The lowest BCUT2D eigenvalue weighted by Gasteiger charge is -2.57. The van der Waals surface area contributed by atoms with Crippen LogP contribution in [0.4, 0.5) is 0 Å². The van der Waals surface area contributed by atoms with E-state index in [2.05, 4.69) is 102 Å². The highest BCUT2D eigenvalue weighted by Gasteiger charge is 2.58. The van der Waals surface area contributed by atoms with Crippen molar-refractivity contribution in [1.29, 1.82) is 0 Å². The molecule has 0 aromatic heterocycles. The summed E-state index contributed by atoms with van der Waals surface area (Å²) < 4.78 is 12.6. The van der Waals surface area contributed by atoms with Gasteiger partial charge in [-0.25, -0.2) is 0 Å². The van der Waals surface area contributed by atoms with E-state index in [9.17, 15) is 4.79 Å². The number of ether oxygens (including phenoxy) is 1. The van der Waals surface area contributed by atoms with Gasteiger partial charge in [-0.2, -0.15) is 0 Å². The van der Waals surface area contributed by atoms with Gasteiger partial charge in [0.25, 0.3) is 0 Å². The first kappa shape index (κ1) is 38.7. The summed E-state index contributed by atoms with van der Waals surface area (Å²) in [5.74, 6) is 3.53. The molecule has 0 aromatic carbocycles. The molecule has 0 saturated heterocycles. The highest BCUT2D eigenvalue weighted by Crippen LogP contribution is 2.66. The van der Waals surface area contributed by atoms with Gasteiger partial charge in [-0.15, -0.1) is 0 Å². The van der Waals surface area contributed by atoms with Crippen LogP contribution >= 0.6 is 0 Å². The van der Waals surface area contributed by atoms with Crippen molar-refractivity contribution in [3.63, 3.8) is 0 Å². The zero-order valence-corrected chi connectivity index (χ0v) is 33.0. The molecule has 0 aromatic rings. The van der Waals surface area contributed by atoms with Crippen LogP contribution in [-0.4, -0.2) is 20.4 Å². The molecule has 4 aliphatic carbocycles. The molecule has 0 amide bonds. The van der Waals surface area contributed by atoms with Gasteiger partial charge in [-0.3, -0.25) is 4.79 Å². The van der Waals surface area contributed by atoms with Gasteiger partial charge in [0.2, 0.25) is 8.32 Å². The first-order valence-corrected chi connectivity index (χ1v) is 23.3. The van der Waals surface area contributed by atoms with Gasteiger partial charge in [0.1, 0.15) is 6.10 Å². The standard InChI is InChI=1S/C44H70O3Si/c1-8-9-10-11-12-13-14-15-16-17-18-19-20-21-22-23-24-25-42(45)46-37-30-32-43(3)36(34-37)26-27-38-40-29-28-39(35(2)47-48(5,6)7)44(40,4)33-31-41(38)43/h12-13,15-16,18-19,21-22,26,37-38,40-41H,8-11,14,17,20,23-25,27-34H2,1-7H3/b13-12-,16-15-,19-18-,22-21-,39-35+/t37?,38-,40-,41-,43-,44+/m0/s1. The Bertz CT molecular complexity index is 1230. The quantitative estimate of drug-likeness (QED) is 0.0506. The fourth-order valence-corrected chi connectivity index (χ4v) is 10.9. The molecular formula is C44H70O3Si. The summed E-state index contributed by atoms with van der Waals surface area (Å²) in [5.41, 5.74) is 3.79. The van der Waals surface area contributed by atoms with Gasteiger partial charge >= 0.3 is 5.97 Å². The fraction of sp³-hybridized carbons (Fsp3) is 0.705. The van der Waals surface area contributed by atoms with Gasteiger partial charge in [0, 0.05) is 12.8 Å². The van der Waals surface area contributed by atoms with Crippen LogP contribution in [0, 0.1) is 28.6 Å². The minimum Gasteiger partial charge on any atom is -0.548 e. The van der Waals surface area contributed by atoms with E-state index >= 15 is 0 Å². The Hall–Kier alpha value is -2.07. The molecule has 0 radical (unpaired) electrons. The van der Waals surface area contributed by atoms with Crippen LogP contribution in [0.3, 0.4) is 0 Å². The van der Waals surface area contributed by atoms with Crippen molar-refractivity contribution in [2.45, 2.75) is 169 Å². The number of fused-ring (bicyclic) bond motifs is 5. The third-order valence-corrected chi connectivity index (χ3v) is 13.2.